The fraction of sp³-hybridized carbons (Fsp3) is 0.333. The molecule has 0 aliphatic carbocycles. The predicted molar refractivity (Wildman–Crippen MR) is 74.0 cm³/mol. The average molecular weight is 228 g/mol. The molecule has 0 aliphatic rings. The van der Waals surface area contributed by atoms with E-state index < -0.39 is 0 Å². The van der Waals surface area contributed by atoms with Gasteiger partial charge < -0.3 is 10.6 Å². The molecular weight excluding hydrogens is 208 g/mol. The third kappa shape index (κ3) is 3.29. The lowest BCUT2D eigenvalue weighted by atomic mass is 10.1. The zero-order chi connectivity index (χ0) is 12.1. The van der Waals surface area contributed by atoms with Crippen LogP contribution in [0, 0.1) is 0 Å². The highest BCUT2D eigenvalue weighted by Crippen LogP contribution is 2.16. The molecule has 0 aromatic heterocycles. The van der Waals surface area contributed by atoms with Gasteiger partial charge in [0.2, 0.25) is 0 Å². The maximum atomic E-state index is 5.52. The lowest BCUT2D eigenvalue weighted by Gasteiger charge is -2.16. The van der Waals surface area contributed by atoms with E-state index in [1.165, 1.54) is 16.3 Å². The van der Waals surface area contributed by atoms with Gasteiger partial charge in [-0.05, 0) is 49.0 Å². The smallest absolute Gasteiger partial charge is 0.0230 e. The lowest BCUT2D eigenvalue weighted by Crippen LogP contribution is -2.21. The van der Waals surface area contributed by atoms with Gasteiger partial charge in [0.25, 0.3) is 0 Å². The van der Waals surface area contributed by atoms with Crippen LogP contribution in [0.2, 0.25) is 0 Å². The van der Waals surface area contributed by atoms with Crippen molar-refractivity contribution in [1.82, 2.24) is 4.90 Å². The maximum absolute atomic E-state index is 5.52. The van der Waals surface area contributed by atoms with Gasteiger partial charge in [-0.2, -0.15) is 0 Å². The fourth-order valence-corrected chi connectivity index (χ4v) is 2.09. The Morgan fingerprint density at radius 3 is 2.59 bits per heavy atom. The minimum atomic E-state index is 0.766. The maximum Gasteiger partial charge on any atom is 0.0230 e. The first-order chi connectivity index (χ1) is 8.29. The summed E-state index contributed by atoms with van der Waals surface area (Å²) in [6.07, 6.45) is 1.06. The Morgan fingerprint density at radius 2 is 1.82 bits per heavy atom. The normalized spacial score (nSPS) is 11.2. The van der Waals surface area contributed by atoms with E-state index in [2.05, 4.69) is 54.4 Å². The molecule has 0 atom stereocenters. The molecule has 0 radical (unpaired) electrons. The van der Waals surface area contributed by atoms with E-state index in [1.54, 1.807) is 0 Å². The van der Waals surface area contributed by atoms with Gasteiger partial charge in [-0.15, -0.1) is 0 Å². The molecule has 2 rings (SSSR count). The van der Waals surface area contributed by atoms with Crippen LogP contribution in [0.3, 0.4) is 0 Å². The minimum absolute atomic E-state index is 0.766. The van der Waals surface area contributed by atoms with Crippen LogP contribution < -0.4 is 5.73 Å². The van der Waals surface area contributed by atoms with Gasteiger partial charge in [-0.25, -0.2) is 0 Å². The Balaban J connectivity index is 2.08. The van der Waals surface area contributed by atoms with Crippen molar-refractivity contribution in [3.05, 3.63) is 48.0 Å². The number of benzene rings is 2. The summed E-state index contributed by atoms with van der Waals surface area (Å²) in [6, 6.07) is 15.2. The highest BCUT2D eigenvalue weighted by atomic mass is 15.1. The highest BCUT2D eigenvalue weighted by molar-refractivity contribution is 5.82. The van der Waals surface area contributed by atoms with Crippen LogP contribution in [-0.4, -0.2) is 25.0 Å². The standard InChI is InChI=1S/C15H20N2/c1-17(10-4-9-16)12-13-7-8-14-5-2-3-6-15(14)11-13/h2-3,5-8,11H,4,9-10,12,16H2,1H3. The number of fused-ring (bicyclic) bond motifs is 1. The summed E-state index contributed by atoms with van der Waals surface area (Å²) >= 11 is 0. The summed E-state index contributed by atoms with van der Waals surface area (Å²) in [5.41, 5.74) is 6.88. The molecule has 0 fully saturated rings. The van der Waals surface area contributed by atoms with Crippen molar-refractivity contribution in [2.75, 3.05) is 20.1 Å². The first-order valence-corrected chi connectivity index (χ1v) is 6.16. The summed E-state index contributed by atoms with van der Waals surface area (Å²) in [5, 5.41) is 2.62. The summed E-state index contributed by atoms with van der Waals surface area (Å²) in [7, 11) is 2.14. The molecule has 0 heterocycles. The minimum Gasteiger partial charge on any atom is -0.330 e. The topological polar surface area (TPSA) is 29.3 Å². The van der Waals surface area contributed by atoms with Crippen LogP contribution in [0.4, 0.5) is 0 Å². The molecule has 90 valence electrons. The Bertz CT molecular complexity index is 479. The average Bonchev–Trinajstić information content (AvgIpc) is 2.36. The zero-order valence-electron chi connectivity index (χ0n) is 10.4. The Hall–Kier alpha value is -1.38. The summed E-state index contributed by atoms with van der Waals surface area (Å²) in [6.45, 7) is 2.82. The monoisotopic (exact) mass is 228 g/mol. The van der Waals surface area contributed by atoms with Crippen LogP contribution in [0.15, 0.2) is 42.5 Å². The van der Waals surface area contributed by atoms with Crippen molar-refractivity contribution in [1.29, 1.82) is 0 Å². The molecule has 17 heavy (non-hydrogen) atoms. The van der Waals surface area contributed by atoms with Crippen LogP contribution in [0.5, 0.6) is 0 Å². The van der Waals surface area contributed by atoms with Crippen molar-refractivity contribution in [2.24, 2.45) is 5.73 Å². The zero-order valence-corrected chi connectivity index (χ0v) is 10.4. The molecule has 0 spiro atoms. The van der Waals surface area contributed by atoms with Crippen LogP contribution in [-0.2, 0) is 6.54 Å². The third-order valence-electron chi connectivity index (χ3n) is 3.01. The number of rotatable bonds is 5. The van der Waals surface area contributed by atoms with Gasteiger partial charge in [0, 0.05) is 6.54 Å². The molecule has 2 nitrogen and oxygen atoms in total. The summed E-state index contributed by atoms with van der Waals surface area (Å²) in [4.78, 5) is 2.32. The number of nitrogens with zero attached hydrogens (tertiary/aromatic N) is 1. The van der Waals surface area contributed by atoms with Gasteiger partial charge in [0.15, 0.2) is 0 Å². The largest absolute Gasteiger partial charge is 0.330 e. The molecule has 0 aliphatic heterocycles. The molecular formula is C15H20N2. The SMILES string of the molecule is CN(CCCN)Cc1ccc2ccccc2c1. The quantitative estimate of drug-likeness (QED) is 0.852. The Morgan fingerprint density at radius 1 is 1.06 bits per heavy atom. The van der Waals surface area contributed by atoms with E-state index in [0.717, 1.165) is 26.1 Å². The first-order valence-electron chi connectivity index (χ1n) is 6.16. The first kappa shape index (κ1) is 12.1. The van der Waals surface area contributed by atoms with Gasteiger partial charge in [-0.1, -0.05) is 36.4 Å². The summed E-state index contributed by atoms with van der Waals surface area (Å²) < 4.78 is 0. The van der Waals surface area contributed by atoms with Crippen LogP contribution >= 0.6 is 0 Å². The summed E-state index contributed by atoms with van der Waals surface area (Å²) in [5.74, 6) is 0. The second-order valence-corrected chi connectivity index (χ2v) is 4.56. The molecule has 0 bridgehead atoms. The molecule has 0 unspecified atom stereocenters. The predicted octanol–water partition coefficient (Wildman–Crippen LogP) is 2.62. The van der Waals surface area contributed by atoms with E-state index in [9.17, 15) is 0 Å². The van der Waals surface area contributed by atoms with Crippen molar-refractivity contribution in [3.8, 4) is 0 Å². The van der Waals surface area contributed by atoms with Gasteiger partial charge in [0.05, 0.1) is 0 Å². The second-order valence-electron chi connectivity index (χ2n) is 4.56. The Labute approximate surface area is 103 Å². The van der Waals surface area contributed by atoms with Crippen molar-refractivity contribution >= 4 is 10.8 Å². The van der Waals surface area contributed by atoms with Crippen LogP contribution in [0.25, 0.3) is 10.8 Å². The van der Waals surface area contributed by atoms with Crippen molar-refractivity contribution < 1.29 is 0 Å². The second kappa shape index (κ2) is 5.80. The molecule has 0 amide bonds. The van der Waals surface area contributed by atoms with Crippen molar-refractivity contribution in [2.45, 2.75) is 13.0 Å². The number of nitrogens with two attached hydrogens (primary N) is 1. The lowest BCUT2D eigenvalue weighted by molar-refractivity contribution is 0.324. The van der Waals surface area contributed by atoms with E-state index in [1.807, 2.05) is 0 Å². The number of hydrogen-bond acceptors (Lipinski definition) is 2. The van der Waals surface area contributed by atoms with E-state index in [-0.39, 0.29) is 0 Å². The van der Waals surface area contributed by atoms with Gasteiger partial charge >= 0.3 is 0 Å². The van der Waals surface area contributed by atoms with Gasteiger partial charge in [0.1, 0.15) is 0 Å². The molecule has 2 heteroatoms. The van der Waals surface area contributed by atoms with E-state index >= 15 is 0 Å². The fourth-order valence-electron chi connectivity index (χ4n) is 2.09. The van der Waals surface area contributed by atoms with E-state index in [4.69, 9.17) is 5.73 Å². The molecule has 2 N–H and O–H groups in total. The molecule has 0 saturated heterocycles. The van der Waals surface area contributed by atoms with Crippen molar-refractivity contribution in [3.63, 3.8) is 0 Å². The highest BCUT2D eigenvalue weighted by Gasteiger charge is 2.00. The Kier molecular flexibility index (Phi) is 4.13. The van der Waals surface area contributed by atoms with E-state index in [0.29, 0.717) is 0 Å². The molecule has 2 aromatic carbocycles. The number of hydrogen-bond donors (Lipinski definition) is 1. The molecule has 0 saturated carbocycles. The van der Waals surface area contributed by atoms with Crippen LogP contribution in [0.1, 0.15) is 12.0 Å². The third-order valence-corrected chi connectivity index (χ3v) is 3.01. The molecule has 2 aromatic rings. The van der Waals surface area contributed by atoms with Gasteiger partial charge in [-0.3, -0.25) is 0 Å².